The van der Waals surface area contributed by atoms with E-state index in [4.69, 9.17) is 4.74 Å². The molecule has 0 radical (unpaired) electrons. The van der Waals surface area contributed by atoms with E-state index < -0.39 is 23.6 Å². The van der Waals surface area contributed by atoms with Crippen LogP contribution in [0.4, 0.5) is 4.79 Å². The van der Waals surface area contributed by atoms with Gasteiger partial charge in [0.2, 0.25) is 0 Å². The summed E-state index contributed by atoms with van der Waals surface area (Å²) in [5.41, 5.74) is 0.518. The van der Waals surface area contributed by atoms with Crippen LogP contribution in [0.5, 0.6) is 0 Å². The number of carbonyl (C=O) groups is 2. The van der Waals surface area contributed by atoms with E-state index in [1.807, 2.05) is 51.1 Å². The summed E-state index contributed by atoms with van der Waals surface area (Å²) < 4.78 is 5.40. The van der Waals surface area contributed by atoms with Gasteiger partial charge in [-0.15, -0.1) is 0 Å². The van der Waals surface area contributed by atoms with Gasteiger partial charge < -0.3 is 20.1 Å². The Bertz CT molecular complexity index is 568. The number of benzene rings is 1. The molecule has 2 unspecified atom stereocenters. The largest absolute Gasteiger partial charge is 0.481 e. The number of carboxylic acid groups (broad SMARTS) is 1. The van der Waals surface area contributed by atoms with Crippen LogP contribution in [0.25, 0.3) is 0 Å². The van der Waals surface area contributed by atoms with E-state index in [0.29, 0.717) is 26.1 Å². The molecule has 6 nitrogen and oxygen atoms in total. The second kappa shape index (κ2) is 7.66. The van der Waals surface area contributed by atoms with Crippen molar-refractivity contribution in [1.29, 1.82) is 0 Å². The fourth-order valence-electron chi connectivity index (χ4n) is 2.79. The number of hydrogen-bond donors (Lipinski definition) is 2. The second-order valence-corrected chi connectivity index (χ2v) is 7.13. The van der Waals surface area contributed by atoms with E-state index in [0.717, 1.165) is 5.56 Å². The van der Waals surface area contributed by atoms with Crippen molar-refractivity contribution in [2.45, 2.75) is 45.4 Å². The molecule has 1 amide bonds. The van der Waals surface area contributed by atoms with Gasteiger partial charge in [-0.1, -0.05) is 30.3 Å². The van der Waals surface area contributed by atoms with E-state index >= 15 is 0 Å². The van der Waals surface area contributed by atoms with E-state index in [9.17, 15) is 14.7 Å². The SMILES string of the molecule is CC(C)(C)OC(=O)N1CCC(C(=O)O)C(NCc2ccccc2)C1. The lowest BCUT2D eigenvalue weighted by Crippen LogP contribution is -2.55. The molecule has 1 fully saturated rings. The van der Waals surface area contributed by atoms with Crippen molar-refractivity contribution >= 4 is 12.1 Å². The molecule has 2 rings (SSSR count). The first-order valence-corrected chi connectivity index (χ1v) is 8.24. The maximum absolute atomic E-state index is 12.2. The first kappa shape index (κ1) is 18.3. The minimum Gasteiger partial charge on any atom is -0.481 e. The molecule has 2 atom stereocenters. The summed E-state index contributed by atoms with van der Waals surface area (Å²) in [7, 11) is 0. The Kier molecular flexibility index (Phi) is 5.83. The lowest BCUT2D eigenvalue weighted by Gasteiger charge is -2.37. The van der Waals surface area contributed by atoms with Crippen LogP contribution in [0.2, 0.25) is 0 Å². The van der Waals surface area contributed by atoms with Crippen LogP contribution >= 0.6 is 0 Å². The van der Waals surface area contributed by atoms with Gasteiger partial charge in [0.05, 0.1) is 5.92 Å². The van der Waals surface area contributed by atoms with Gasteiger partial charge >= 0.3 is 12.1 Å². The highest BCUT2D eigenvalue weighted by atomic mass is 16.6. The summed E-state index contributed by atoms with van der Waals surface area (Å²) in [5, 5.41) is 12.7. The Morgan fingerprint density at radius 3 is 2.54 bits per heavy atom. The number of amides is 1. The van der Waals surface area contributed by atoms with Crippen LogP contribution in [0, 0.1) is 5.92 Å². The molecule has 0 aliphatic carbocycles. The van der Waals surface area contributed by atoms with Gasteiger partial charge in [-0.3, -0.25) is 4.79 Å². The molecule has 0 aromatic heterocycles. The van der Waals surface area contributed by atoms with Crippen LogP contribution in [0.1, 0.15) is 32.8 Å². The van der Waals surface area contributed by atoms with Gasteiger partial charge in [-0.25, -0.2) is 4.79 Å². The summed E-state index contributed by atoms with van der Waals surface area (Å²) in [6.07, 6.45) is 0.0268. The molecule has 132 valence electrons. The van der Waals surface area contributed by atoms with Gasteiger partial charge in [-0.2, -0.15) is 0 Å². The van der Waals surface area contributed by atoms with E-state index in [1.165, 1.54) is 0 Å². The van der Waals surface area contributed by atoms with E-state index in [1.54, 1.807) is 4.90 Å². The molecule has 24 heavy (non-hydrogen) atoms. The Morgan fingerprint density at radius 2 is 1.96 bits per heavy atom. The molecular weight excluding hydrogens is 308 g/mol. The number of nitrogens with one attached hydrogen (secondary N) is 1. The first-order chi connectivity index (χ1) is 11.3. The Labute approximate surface area is 142 Å². The topological polar surface area (TPSA) is 78.9 Å². The van der Waals surface area contributed by atoms with Gasteiger partial charge in [-0.05, 0) is 32.8 Å². The van der Waals surface area contributed by atoms with E-state index in [-0.39, 0.29) is 6.04 Å². The second-order valence-electron chi connectivity index (χ2n) is 7.13. The third kappa shape index (κ3) is 5.23. The number of likely N-dealkylation sites (tertiary alicyclic amines) is 1. The quantitative estimate of drug-likeness (QED) is 0.884. The molecule has 1 saturated heterocycles. The molecule has 0 saturated carbocycles. The molecule has 0 spiro atoms. The number of ether oxygens (including phenoxy) is 1. The van der Waals surface area contributed by atoms with Crippen molar-refractivity contribution in [3.8, 4) is 0 Å². The highest BCUT2D eigenvalue weighted by Crippen LogP contribution is 2.21. The van der Waals surface area contributed by atoms with Crippen molar-refractivity contribution < 1.29 is 19.4 Å². The Hall–Kier alpha value is -2.08. The number of piperidine rings is 1. The lowest BCUT2D eigenvalue weighted by molar-refractivity contribution is -0.144. The molecule has 1 aromatic carbocycles. The number of rotatable bonds is 4. The zero-order valence-corrected chi connectivity index (χ0v) is 14.5. The monoisotopic (exact) mass is 334 g/mol. The smallest absolute Gasteiger partial charge is 0.410 e. The normalized spacial score (nSPS) is 21.4. The van der Waals surface area contributed by atoms with E-state index in [2.05, 4.69) is 5.32 Å². The summed E-state index contributed by atoms with van der Waals surface area (Å²) in [6, 6.07) is 9.49. The maximum atomic E-state index is 12.2. The van der Waals surface area contributed by atoms with Crippen LogP contribution in [0.3, 0.4) is 0 Å². The first-order valence-electron chi connectivity index (χ1n) is 8.24. The summed E-state index contributed by atoms with van der Waals surface area (Å²) in [5.74, 6) is -1.34. The van der Waals surface area contributed by atoms with Crippen LogP contribution in [-0.4, -0.2) is 46.8 Å². The zero-order chi connectivity index (χ0) is 17.7. The molecule has 0 bridgehead atoms. The molecule has 1 aliphatic rings. The minimum absolute atomic E-state index is 0.302. The summed E-state index contributed by atoms with van der Waals surface area (Å²) >= 11 is 0. The molecule has 1 heterocycles. The zero-order valence-electron chi connectivity index (χ0n) is 14.5. The fourth-order valence-corrected chi connectivity index (χ4v) is 2.79. The van der Waals surface area contributed by atoms with Gasteiger partial charge in [0.25, 0.3) is 0 Å². The lowest BCUT2D eigenvalue weighted by atomic mass is 9.91. The molecule has 1 aromatic rings. The van der Waals surface area contributed by atoms with Crippen molar-refractivity contribution in [2.75, 3.05) is 13.1 Å². The number of nitrogens with zero attached hydrogens (tertiary/aromatic N) is 1. The third-order valence-electron chi connectivity index (χ3n) is 3.99. The standard InChI is InChI=1S/C18H26N2O4/c1-18(2,3)24-17(23)20-10-9-14(16(21)22)15(12-20)19-11-13-7-5-4-6-8-13/h4-8,14-15,19H,9-12H2,1-3H3,(H,21,22). The Balaban J connectivity index is 2.00. The molecule has 6 heteroatoms. The van der Waals surface area contributed by atoms with Crippen LogP contribution in [0.15, 0.2) is 30.3 Å². The van der Waals surface area contributed by atoms with Gasteiger partial charge in [0.15, 0.2) is 0 Å². The summed E-state index contributed by atoms with van der Waals surface area (Å²) in [6.45, 7) is 6.76. The number of aliphatic carboxylic acids is 1. The average molecular weight is 334 g/mol. The number of carboxylic acids is 1. The van der Waals surface area contributed by atoms with Crippen LogP contribution in [-0.2, 0) is 16.1 Å². The molecule has 2 N–H and O–H groups in total. The minimum atomic E-state index is -0.829. The van der Waals surface area contributed by atoms with Crippen molar-refractivity contribution in [1.82, 2.24) is 10.2 Å². The fraction of sp³-hybridized carbons (Fsp3) is 0.556. The Morgan fingerprint density at radius 1 is 1.29 bits per heavy atom. The highest BCUT2D eigenvalue weighted by molar-refractivity contribution is 5.73. The van der Waals surface area contributed by atoms with Crippen molar-refractivity contribution in [2.24, 2.45) is 5.92 Å². The molecule has 1 aliphatic heterocycles. The van der Waals surface area contributed by atoms with Gasteiger partial charge in [0.1, 0.15) is 5.60 Å². The van der Waals surface area contributed by atoms with Crippen molar-refractivity contribution in [3.63, 3.8) is 0 Å². The van der Waals surface area contributed by atoms with Gasteiger partial charge in [0, 0.05) is 25.7 Å². The average Bonchev–Trinajstić information content (AvgIpc) is 2.52. The number of hydrogen-bond acceptors (Lipinski definition) is 4. The van der Waals surface area contributed by atoms with Crippen molar-refractivity contribution in [3.05, 3.63) is 35.9 Å². The molecular formula is C18H26N2O4. The third-order valence-corrected chi connectivity index (χ3v) is 3.99. The van der Waals surface area contributed by atoms with Crippen LogP contribution < -0.4 is 5.32 Å². The summed E-state index contributed by atoms with van der Waals surface area (Å²) in [4.78, 5) is 25.3. The highest BCUT2D eigenvalue weighted by Gasteiger charge is 2.36. The predicted octanol–water partition coefficient (Wildman–Crippen LogP) is 2.49. The maximum Gasteiger partial charge on any atom is 0.410 e. The number of carbonyl (C=O) groups excluding carboxylic acids is 1. The predicted molar refractivity (Wildman–Crippen MR) is 90.6 cm³/mol.